The molecule has 1 aromatic rings. The van der Waals surface area contributed by atoms with Gasteiger partial charge in [0.25, 0.3) is 0 Å². The third-order valence-corrected chi connectivity index (χ3v) is 3.35. The van der Waals surface area contributed by atoms with Gasteiger partial charge in [-0.2, -0.15) is 0 Å². The van der Waals surface area contributed by atoms with E-state index < -0.39 is 5.97 Å². The Balaban J connectivity index is 1.96. The number of hydrogen-bond donors (Lipinski definition) is 1. The molecule has 0 saturated carbocycles. The van der Waals surface area contributed by atoms with Gasteiger partial charge >= 0.3 is 5.97 Å². The van der Waals surface area contributed by atoms with Gasteiger partial charge in [0.05, 0.1) is 11.6 Å². The monoisotopic (exact) mass is 212 g/mol. The number of carboxylic acids is 1. The van der Waals surface area contributed by atoms with Crippen molar-refractivity contribution in [2.45, 2.75) is 13.3 Å². The van der Waals surface area contributed by atoms with Crippen molar-refractivity contribution >= 4 is 22.4 Å². The average molecular weight is 212 g/mol. The van der Waals surface area contributed by atoms with Gasteiger partial charge in [-0.3, -0.25) is 4.79 Å². The Kier molecular flexibility index (Phi) is 2.41. The first-order chi connectivity index (χ1) is 6.70. The fraction of sp³-hybridized carbons (Fsp3) is 0.556. The summed E-state index contributed by atoms with van der Waals surface area (Å²) >= 11 is 1.59. The van der Waals surface area contributed by atoms with Crippen LogP contribution in [0.5, 0.6) is 0 Å². The van der Waals surface area contributed by atoms with Crippen molar-refractivity contribution in [1.82, 2.24) is 4.98 Å². The van der Waals surface area contributed by atoms with Gasteiger partial charge in [0.1, 0.15) is 0 Å². The highest BCUT2D eigenvalue weighted by Crippen LogP contribution is 2.27. The summed E-state index contributed by atoms with van der Waals surface area (Å²) in [5.74, 6) is -0.905. The minimum Gasteiger partial charge on any atom is -0.481 e. The van der Waals surface area contributed by atoms with Gasteiger partial charge < -0.3 is 10.0 Å². The first kappa shape index (κ1) is 9.45. The third kappa shape index (κ3) is 1.59. The van der Waals surface area contributed by atoms with Crippen molar-refractivity contribution < 1.29 is 9.90 Å². The second-order valence-corrected chi connectivity index (χ2v) is 4.25. The molecule has 0 atom stereocenters. The zero-order valence-corrected chi connectivity index (χ0v) is 8.75. The zero-order chi connectivity index (χ0) is 10.1. The van der Waals surface area contributed by atoms with Crippen molar-refractivity contribution in [3.63, 3.8) is 0 Å². The molecule has 0 amide bonds. The molecule has 1 aromatic heterocycles. The summed E-state index contributed by atoms with van der Waals surface area (Å²) in [7, 11) is 0. The van der Waals surface area contributed by atoms with Crippen molar-refractivity contribution in [3.8, 4) is 0 Å². The molecule has 2 rings (SSSR count). The first-order valence-electron chi connectivity index (χ1n) is 4.63. The van der Waals surface area contributed by atoms with Crippen LogP contribution in [0.1, 0.15) is 12.6 Å². The van der Waals surface area contributed by atoms with Gasteiger partial charge in [-0.15, -0.1) is 11.3 Å². The Labute approximate surface area is 86.2 Å². The Morgan fingerprint density at radius 3 is 3.00 bits per heavy atom. The summed E-state index contributed by atoms with van der Waals surface area (Å²) in [6.45, 7) is 3.27. The van der Waals surface area contributed by atoms with Crippen molar-refractivity contribution in [2.24, 2.45) is 5.92 Å². The van der Waals surface area contributed by atoms with E-state index in [9.17, 15) is 4.79 Å². The predicted molar refractivity (Wildman–Crippen MR) is 54.8 cm³/mol. The molecule has 1 fully saturated rings. The number of hydrogen-bond acceptors (Lipinski definition) is 4. The summed E-state index contributed by atoms with van der Waals surface area (Å²) in [5, 5.41) is 11.7. The number of carboxylic acid groups (broad SMARTS) is 1. The second-order valence-electron chi connectivity index (χ2n) is 3.42. The molecule has 0 unspecified atom stereocenters. The Morgan fingerprint density at radius 1 is 1.79 bits per heavy atom. The van der Waals surface area contributed by atoms with Gasteiger partial charge in [0.15, 0.2) is 5.13 Å². The van der Waals surface area contributed by atoms with E-state index in [0.29, 0.717) is 13.1 Å². The van der Waals surface area contributed by atoms with Crippen molar-refractivity contribution in [1.29, 1.82) is 0 Å². The van der Waals surface area contributed by atoms with E-state index in [-0.39, 0.29) is 5.92 Å². The molecule has 1 saturated heterocycles. The van der Waals surface area contributed by atoms with Gasteiger partial charge in [0, 0.05) is 18.5 Å². The lowest BCUT2D eigenvalue weighted by Gasteiger charge is -2.36. The lowest BCUT2D eigenvalue weighted by atomic mass is 10.0. The van der Waals surface area contributed by atoms with Crippen LogP contribution in [0.3, 0.4) is 0 Å². The molecule has 76 valence electrons. The minimum atomic E-state index is -0.700. The summed E-state index contributed by atoms with van der Waals surface area (Å²) < 4.78 is 0. The fourth-order valence-electron chi connectivity index (χ4n) is 1.39. The molecule has 1 N–H and O–H groups in total. The second kappa shape index (κ2) is 3.57. The molecular weight excluding hydrogens is 200 g/mol. The van der Waals surface area contributed by atoms with Crippen LogP contribution >= 0.6 is 11.3 Å². The highest BCUT2D eigenvalue weighted by atomic mass is 32.1. The summed E-state index contributed by atoms with van der Waals surface area (Å²) in [4.78, 5) is 17.0. The number of aliphatic carboxylic acids is 1. The molecule has 0 spiro atoms. The maximum atomic E-state index is 10.6. The maximum absolute atomic E-state index is 10.6. The quantitative estimate of drug-likeness (QED) is 0.818. The molecule has 0 aliphatic carbocycles. The van der Waals surface area contributed by atoms with Gasteiger partial charge in [-0.05, 0) is 6.42 Å². The molecule has 0 bridgehead atoms. The number of carbonyl (C=O) groups is 1. The SMILES string of the molecule is CCc1csc(N2CC(C(=O)O)C2)n1. The van der Waals surface area contributed by atoms with Gasteiger partial charge in [0.2, 0.25) is 0 Å². The van der Waals surface area contributed by atoms with Crippen LogP contribution in [0.15, 0.2) is 5.38 Å². The molecule has 1 aliphatic heterocycles. The standard InChI is InChI=1S/C9H12N2O2S/c1-2-7-5-14-9(10-7)11-3-6(4-11)8(12)13/h5-6H,2-4H2,1H3,(H,12,13). The number of aromatic nitrogens is 1. The lowest BCUT2D eigenvalue weighted by Crippen LogP contribution is -2.50. The van der Waals surface area contributed by atoms with E-state index in [2.05, 4.69) is 11.9 Å². The van der Waals surface area contributed by atoms with Crippen molar-refractivity contribution in [2.75, 3.05) is 18.0 Å². The highest BCUT2D eigenvalue weighted by molar-refractivity contribution is 7.13. The highest BCUT2D eigenvalue weighted by Gasteiger charge is 2.33. The van der Waals surface area contributed by atoms with Crippen LogP contribution in [-0.2, 0) is 11.2 Å². The number of rotatable bonds is 3. The number of anilines is 1. The predicted octanol–water partition coefficient (Wildman–Crippen LogP) is 1.23. The molecule has 0 radical (unpaired) electrons. The molecule has 5 heteroatoms. The molecule has 0 aromatic carbocycles. The van der Waals surface area contributed by atoms with Crippen LogP contribution in [0, 0.1) is 5.92 Å². The summed E-state index contributed by atoms with van der Waals surface area (Å²) in [6, 6.07) is 0. The van der Waals surface area contributed by atoms with E-state index >= 15 is 0 Å². The normalized spacial score (nSPS) is 16.8. The van der Waals surface area contributed by atoms with E-state index in [0.717, 1.165) is 17.2 Å². The van der Waals surface area contributed by atoms with E-state index in [4.69, 9.17) is 5.11 Å². The van der Waals surface area contributed by atoms with Crippen LogP contribution in [-0.4, -0.2) is 29.1 Å². The fourth-order valence-corrected chi connectivity index (χ4v) is 2.32. The molecular formula is C9H12N2O2S. The first-order valence-corrected chi connectivity index (χ1v) is 5.50. The lowest BCUT2D eigenvalue weighted by molar-refractivity contribution is -0.142. The number of aryl methyl sites for hydroxylation is 1. The van der Waals surface area contributed by atoms with Gasteiger partial charge in [-0.1, -0.05) is 6.92 Å². The summed E-state index contributed by atoms with van der Waals surface area (Å²) in [5.41, 5.74) is 1.09. The molecule has 14 heavy (non-hydrogen) atoms. The van der Waals surface area contributed by atoms with Crippen LogP contribution in [0.25, 0.3) is 0 Å². The van der Waals surface area contributed by atoms with E-state index in [1.807, 2.05) is 10.3 Å². The van der Waals surface area contributed by atoms with Crippen LogP contribution in [0.4, 0.5) is 5.13 Å². The number of nitrogens with zero attached hydrogens (tertiary/aromatic N) is 2. The maximum Gasteiger partial charge on any atom is 0.310 e. The minimum absolute atomic E-state index is 0.205. The van der Waals surface area contributed by atoms with Crippen molar-refractivity contribution in [3.05, 3.63) is 11.1 Å². The summed E-state index contributed by atoms with van der Waals surface area (Å²) in [6.07, 6.45) is 0.937. The zero-order valence-electron chi connectivity index (χ0n) is 7.93. The number of thiazole rings is 1. The van der Waals surface area contributed by atoms with Crippen LogP contribution in [0.2, 0.25) is 0 Å². The molecule has 1 aliphatic rings. The Hall–Kier alpha value is -1.10. The van der Waals surface area contributed by atoms with Gasteiger partial charge in [-0.25, -0.2) is 4.98 Å². The smallest absolute Gasteiger partial charge is 0.310 e. The largest absolute Gasteiger partial charge is 0.481 e. The molecule has 2 heterocycles. The van der Waals surface area contributed by atoms with E-state index in [1.54, 1.807) is 11.3 Å². The third-order valence-electron chi connectivity index (χ3n) is 2.40. The Morgan fingerprint density at radius 2 is 2.50 bits per heavy atom. The van der Waals surface area contributed by atoms with E-state index in [1.165, 1.54) is 0 Å². The van der Waals surface area contributed by atoms with Crippen LogP contribution < -0.4 is 4.90 Å². The molecule has 4 nitrogen and oxygen atoms in total. The Bertz CT molecular complexity index is 344. The topological polar surface area (TPSA) is 53.4 Å². The average Bonchev–Trinajstić information content (AvgIpc) is 2.49.